The maximum atomic E-state index is 6.03. The normalized spacial score (nSPS) is 11.2. The van der Waals surface area contributed by atoms with Gasteiger partial charge in [0.1, 0.15) is 11.5 Å². The summed E-state index contributed by atoms with van der Waals surface area (Å²) in [6, 6.07) is 12.6. The van der Waals surface area contributed by atoms with Crippen LogP contribution in [0, 0.1) is 0 Å². The molecule has 128 valence electrons. The zero-order valence-corrected chi connectivity index (χ0v) is 14.8. The Morgan fingerprint density at radius 3 is 2.58 bits per heavy atom. The second-order valence-corrected chi connectivity index (χ2v) is 5.74. The Balaban J connectivity index is 1.72. The van der Waals surface area contributed by atoms with Crippen LogP contribution in [0.5, 0.6) is 11.5 Å². The van der Waals surface area contributed by atoms with Gasteiger partial charge in [0, 0.05) is 23.7 Å². The molecule has 0 aliphatic carbocycles. The topological polar surface area (TPSA) is 68.9 Å². The van der Waals surface area contributed by atoms with Crippen molar-refractivity contribution in [1.29, 1.82) is 0 Å². The summed E-state index contributed by atoms with van der Waals surface area (Å²) in [5.74, 6) is 1.74. The summed E-state index contributed by atoms with van der Waals surface area (Å²) < 4.78 is 10.7. The van der Waals surface area contributed by atoms with E-state index < -0.39 is 0 Å². The lowest BCUT2D eigenvalue weighted by atomic mass is 10.3. The molecule has 0 amide bonds. The summed E-state index contributed by atoms with van der Waals surface area (Å²) in [5.41, 5.74) is 6.69. The van der Waals surface area contributed by atoms with E-state index in [9.17, 15) is 0 Å². The van der Waals surface area contributed by atoms with Gasteiger partial charge in [-0.3, -0.25) is 4.99 Å². The van der Waals surface area contributed by atoms with E-state index in [2.05, 4.69) is 10.3 Å². The molecule has 0 spiro atoms. The van der Waals surface area contributed by atoms with Crippen molar-refractivity contribution >= 4 is 34.8 Å². The number of hydrogen-bond acceptors (Lipinski definition) is 3. The van der Waals surface area contributed by atoms with Crippen molar-refractivity contribution in [2.75, 3.05) is 25.6 Å². The molecule has 0 saturated carbocycles. The first kappa shape index (κ1) is 18.2. The minimum atomic E-state index is 0.352. The molecule has 0 heterocycles. The Hall–Kier alpha value is -2.11. The highest BCUT2D eigenvalue weighted by Gasteiger charge is 2.02. The quantitative estimate of drug-likeness (QED) is 0.437. The number of nitrogens with zero attached hydrogens (tertiary/aromatic N) is 1. The lowest BCUT2D eigenvalue weighted by Gasteiger charge is -2.08. The minimum absolute atomic E-state index is 0.352. The van der Waals surface area contributed by atoms with Gasteiger partial charge in [-0.1, -0.05) is 23.2 Å². The summed E-state index contributed by atoms with van der Waals surface area (Å²) in [5, 5.41) is 4.08. The molecule has 0 fully saturated rings. The molecule has 3 N–H and O–H groups in total. The Bertz CT molecular complexity index is 691. The minimum Gasteiger partial charge on any atom is -0.497 e. The summed E-state index contributed by atoms with van der Waals surface area (Å²) in [6.07, 6.45) is 0.712. The van der Waals surface area contributed by atoms with Crippen molar-refractivity contribution in [2.24, 2.45) is 10.7 Å². The Morgan fingerprint density at radius 1 is 1.17 bits per heavy atom. The van der Waals surface area contributed by atoms with Crippen LogP contribution < -0.4 is 20.5 Å². The first-order valence-electron chi connectivity index (χ1n) is 7.37. The van der Waals surface area contributed by atoms with Crippen LogP contribution in [0.25, 0.3) is 0 Å². The van der Waals surface area contributed by atoms with Gasteiger partial charge in [-0.25, -0.2) is 0 Å². The number of halogens is 2. The Labute approximate surface area is 151 Å². The highest BCUT2D eigenvalue weighted by Crippen LogP contribution is 2.27. The highest BCUT2D eigenvalue weighted by atomic mass is 35.5. The molecule has 0 aliphatic heterocycles. The molecule has 0 radical (unpaired) electrons. The average Bonchev–Trinajstić information content (AvgIpc) is 2.57. The summed E-state index contributed by atoms with van der Waals surface area (Å²) in [6.45, 7) is 1.03. The molecule has 2 aromatic carbocycles. The summed E-state index contributed by atoms with van der Waals surface area (Å²) in [4.78, 5) is 4.25. The molecule has 0 unspecified atom stereocenters. The van der Waals surface area contributed by atoms with E-state index in [-0.39, 0.29) is 0 Å². The largest absolute Gasteiger partial charge is 0.497 e. The molecule has 2 aromatic rings. The van der Waals surface area contributed by atoms with Crippen LogP contribution in [0.15, 0.2) is 47.5 Å². The average molecular weight is 368 g/mol. The second kappa shape index (κ2) is 9.25. The molecular weight excluding hydrogens is 349 g/mol. The van der Waals surface area contributed by atoms with Crippen molar-refractivity contribution in [1.82, 2.24) is 0 Å². The molecule has 5 nitrogen and oxygen atoms in total. The first-order chi connectivity index (χ1) is 11.6. The van der Waals surface area contributed by atoms with E-state index in [1.54, 1.807) is 25.3 Å². The van der Waals surface area contributed by atoms with Gasteiger partial charge in [0.2, 0.25) is 0 Å². The van der Waals surface area contributed by atoms with Gasteiger partial charge in [-0.05, 0) is 42.5 Å². The Kier molecular flexibility index (Phi) is 7.03. The number of guanidine groups is 1. The fourth-order valence-electron chi connectivity index (χ4n) is 1.90. The van der Waals surface area contributed by atoms with Crippen LogP contribution in [0.4, 0.5) is 5.69 Å². The van der Waals surface area contributed by atoms with Crippen LogP contribution in [-0.4, -0.2) is 26.2 Å². The van der Waals surface area contributed by atoms with E-state index in [1.165, 1.54) is 0 Å². The SMILES string of the molecule is COc1ccc(NC(N)=NCCCOc2ccc(Cl)cc2Cl)cc1. The van der Waals surface area contributed by atoms with Crippen molar-refractivity contribution in [3.05, 3.63) is 52.5 Å². The number of ether oxygens (including phenoxy) is 2. The molecule has 2 rings (SSSR count). The van der Waals surface area contributed by atoms with E-state index in [0.717, 1.165) is 11.4 Å². The van der Waals surface area contributed by atoms with Crippen LogP contribution in [-0.2, 0) is 0 Å². The van der Waals surface area contributed by atoms with E-state index in [4.69, 9.17) is 38.4 Å². The third-order valence-corrected chi connectivity index (χ3v) is 3.63. The second-order valence-electron chi connectivity index (χ2n) is 4.90. The summed E-state index contributed by atoms with van der Waals surface area (Å²) in [7, 11) is 1.62. The van der Waals surface area contributed by atoms with E-state index >= 15 is 0 Å². The zero-order valence-electron chi connectivity index (χ0n) is 13.3. The van der Waals surface area contributed by atoms with Gasteiger partial charge >= 0.3 is 0 Å². The molecule has 7 heteroatoms. The molecule has 0 bridgehead atoms. The number of nitrogens with one attached hydrogen (secondary N) is 1. The van der Waals surface area contributed by atoms with Crippen LogP contribution >= 0.6 is 23.2 Å². The van der Waals surface area contributed by atoms with Crippen molar-refractivity contribution in [3.63, 3.8) is 0 Å². The lowest BCUT2D eigenvalue weighted by Crippen LogP contribution is -2.23. The van der Waals surface area contributed by atoms with Gasteiger partial charge in [0.25, 0.3) is 0 Å². The third kappa shape index (κ3) is 5.83. The Morgan fingerprint density at radius 2 is 1.92 bits per heavy atom. The zero-order chi connectivity index (χ0) is 17.4. The summed E-state index contributed by atoms with van der Waals surface area (Å²) >= 11 is 11.9. The van der Waals surface area contributed by atoms with Crippen LogP contribution in [0.1, 0.15) is 6.42 Å². The van der Waals surface area contributed by atoms with Gasteiger partial charge in [0.15, 0.2) is 5.96 Å². The van der Waals surface area contributed by atoms with Crippen LogP contribution in [0.3, 0.4) is 0 Å². The fourth-order valence-corrected chi connectivity index (χ4v) is 2.36. The number of anilines is 1. The standard InChI is InChI=1S/C17H19Cl2N3O2/c1-23-14-6-4-13(5-7-14)22-17(20)21-9-2-10-24-16-8-3-12(18)11-15(16)19/h3-8,11H,2,9-10H2,1H3,(H3,20,21,22). The molecule has 0 aliphatic rings. The monoisotopic (exact) mass is 367 g/mol. The molecule has 0 atom stereocenters. The van der Waals surface area contributed by atoms with Gasteiger partial charge in [-0.15, -0.1) is 0 Å². The maximum absolute atomic E-state index is 6.03. The highest BCUT2D eigenvalue weighted by molar-refractivity contribution is 6.35. The van der Waals surface area contributed by atoms with Crippen molar-refractivity contribution in [3.8, 4) is 11.5 Å². The van der Waals surface area contributed by atoms with Crippen molar-refractivity contribution < 1.29 is 9.47 Å². The van der Waals surface area contributed by atoms with Gasteiger partial charge in [-0.2, -0.15) is 0 Å². The number of nitrogens with two attached hydrogens (primary N) is 1. The predicted molar refractivity (Wildman–Crippen MR) is 99.7 cm³/mol. The third-order valence-electron chi connectivity index (χ3n) is 3.10. The van der Waals surface area contributed by atoms with E-state index in [1.807, 2.05) is 24.3 Å². The maximum Gasteiger partial charge on any atom is 0.193 e. The number of benzene rings is 2. The molecule has 0 aromatic heterocycles. The molecule has 24 heavy (non-hydrogen) atoms. The van der Waals surface area contributed by atoms with Gasteiger partial charge in [0.05, 0.1) is 18.7 Å². The first-order valence-corrected chi connectivity index (χ1v) is 8.13. The number of rotatable bonds is 7. The number of aliphatic imine (C=N–C) groups is 1. The smallest absolute Gasteiger partial charge is 0.193 e. The fraction of sp³-hybridized carbons (Fsp3) is 0.235. The van der Waals surface area contributed by atoms with Gasteiger partial charge < -0.3 is 20.5 Å². The predicted octanol–water partition coefficient (Wildman–Crippen LogP) is 4.20. The van der Waals surface area contributed by atoms with Crippen molar-refractivity contribution in [2.45, 2.75) is 6.42 Å². The number of hydrogen-bond donors (Lipinski definition) is 2. The number of methoxy groups -OCH3 is 1. The van der Waals surface area contributed by atoms with E-state index in [0.29, 0.717) is 41.3 Å². The van der Waals surface area contributed by atoms with Crippen LogP contribution in [0.2, 0.25) is 10.0 Å². The lowest BCUT2D eigenvalue weighted by molar-refractivity contribution is 0.314. The molecule has 0 saturated heterocycles. The molecular formula is C17H19Cl2N3O2.